The minimum absolute atomic E-state index is 0.203. The van der Waals surface area contributed by atoms with Crippen molar-refractivity contribution in [1.29, 1.82) is 0 Å². The standard InChI is InChI=1S/C8H10FN3O/c1-3-13-5(2)8-11-4-6(9)7(10)12-8/h4H,2-3H2,1H3,(H2,10,11,12). The third-order valence-corrected chi connectivity index (χ3v) is 1.34. The molecule has 13 heavy (non-hydrogen) atoms. The number of nitrogen functional groups attached to an aromatic ring is 1. The lowest BCUT2D eigenvalue weighted by Gasteiger charge is -2.05. The predicted octanol–water partition coefficient (Wildman–Crippen LogP) is 1.21. The van der Waals surface area contributed by atoms with Crippen molar-refractivity contribution in [2.45, 2.75) is 6.92 Å². The first kappa shape index (κ1) is 9.44. The highest BCUT2D eigenvalue weighted by atomic mass is 19.1. The van der Waals surface area contributed by atoms with Crippen LogP contribution in [0.15, 0.2) is 12.8 Å². The van der Waals surface area contributed by atoms with Crippen LogP contribution in [0.2, 0.25) is 0 Å². The predicted molar refractivity (Wildman–Crippen MR) is 47.1 cm³/mol. The summed E-state index contributed by atoms with van der Waals surface area (Å²) in [5.74, 6) is -0.353. The summed E-state index contributed by atoms with van der Waals surface area (Å²) in [6.45, 7) is 5.82. The number of anilines is 1. The Morgan fingerprint density at radius 3 is 3.00 bits per heavy atom. The molecule has 0 saturated carbocycles. The molecule has 0 aliphatic carbocycles. The largest absolute Gasteiger partial charge is 0.491 e. The van der Waals surface area contributed by atoms with Crippen LogP contribution >= 0.6 is 0 Å². The molecular weight excluding hydrogens is 173 g/mol. The van der Waals surface area contributed by atoms with Gasteiger partial charge in [-0.2, -0.15) is 0 Å². The maximum atomic E-state index is 12.6. The maximum absolute atomic E-state index is 12.6. The van der Waals surface area contributed by atoms with E-state index < -0.39 is 5.82 Å². The summed E-state index contributed by atoms with van der Waals surface area (Å²) < 4.78 is 17.7. The topological polar surface area (TPSA) is 61.0 Å². The van der Waals surface area contributed by atoms with Crippen molar-refractivity contribution in [3.8, 4) is 0 Å². The Bertz CT molecular complexity index is 327. The molecule has 0 radical (unpaired) electrons. The highest BCUT2D eigenvalue weighted by Gasteiger charge is 2.06. The normalized spacial score (nSPS) is 9.69. The van der Waals surface area contributed by atoms with Crippen LogP contribution < -0.4 is 5.73 Å². The molecule has 0 fully saturated rings. The monoisotopic (exact) mass is 183 g/mol. The molecule has 1 aromatic rings. The van der Waals surface area contributed by atoms with Crippen LogP contribution in [0.5, 0.6) is 0 Å². The fourth-order valence-corrected chi connectivity index (χ4v) is 0.753. The maximum Gasteiger partial charge on any atom is 0.196 e. The Balaban J connectivity index is 2.90. The van der Waals surface area contributed by atoms with Crippen LogP contribution in [0.4, 0.5) is 10.2 Å². The van der Waals surface area contributed by atoms with Crippen LogP contribution in [0.3, 0.4) is 0 Å². The number of aromatic nitrogens is 2. The van der Waals surface area contributed by atoms with Gasteiger partial charge in [0.15, 0.2) is 23.2 Å². The number of rotatable bonds is 3. The first-order valence-corrected chi connectivity index (χ1v) is 3.75. The molecule has 0 aliphatic rings. The van der Waals surface area contributed by atoms with Gasteiger partial charge >= 0.3 is 0 Å². The van der Waals surface area contributed by atoms with Gasteiger partial charge in [-0.3, -0.25) is 0 Å². The zero-order valence-electron chi connectivity index (χ0n) is 7.25. The summed E-state index contributed by atoms with van der Waals surface area (Å²) in [7, 11) is 0. The Morgan fingerprint density at radius 1 is 1.77 bits per heavy atom. The summed E-state index contributed by atoms with van der Waals surface area (Å²) in [5.41, 5.74) is 5.23. The van der Waals surface area contributed by atoms with Gasteiger partial charge in [-0.25, -0.2) is 14.4 Å². The number of nitrogens with zero attached hydrogens (tertiary/aromatic N) is 2. The lowest BCUT2D eigenvalue weighted by Crippen LogP contribution is -2.02. The van der Waals surface area contributed by atoms with Crippen molar-refractivity contribution in [2.75, 3.05) is 12.3 Å². The summed E-state index contributed by atoms with van der Waals surface area (Å²) in [4.78, 5) is 7.33. The summed E-state index contributed by atoms with van der Waals surface area (Å²) >= 11 is 0. The van der Waals surface area contributed by atoms with Gasteiger partial charge in [0.25, 0.3) is 0 Å². The molecule has 0 bridgehead atoms. The van der Waals surface area contributed by atoms with Crippen LogP contribution in [0.25, 0.3) is 5.76 Å². The lowest BCUT2D eigenvalue weighted by atomic mass is 10.4. The highest BCUT2D eigenvalue weighted by molar-refractivity contribution is 5.51. The first-order valence-electron chi connectivity index (χ1n) is 3.75. The van der Waals surface area contributed by atoms with E-state index in [2.05, 4.69) is 16.5 Å². The Morgan fingerprint density at radius 2 is 2.46 bits per heavy atom. The summed E-state index contributed by atoms with van der Waals surface area (Å²) in [6.07, 6.45) is 0.988. The smallest absolute Gasteiger partial charge is 0.196 e. The number of ether oxygens (including phenoxy) is 1. The zero-order valence-corrected chi connectivity index (χ0v) is 7.25. The zero-order chi connectivity index (χ0) is 9.84. The van der Waals surface area contributed by atoms with Gasteiger partial charge < -0.3 is 10.5 Å². The van der Waals surface area contributed by atoms with Crippen molar-refractivity contribution < 1.29 is 9.13 Å². The van der Waals surface area contributed by atoms with E-state index in [0.29, 0.717) is 6.61 Å². The van der Waals surface area contributed by atoms with E-state index >= 15 is 0 Å². The van der Waals surface area contributed by atoms with Crippen molar-refractivity contribution in [3.05, 3.63) is 24.4 Å². The summed E-state index contributed by atoms with van der Waals surface area (Å²) in [5, 5.41) is 0. The molecule has 1 aromatic heterocycles. The molecule has 0 saturated heterocycles. The fraction of sp³-hybridized carbons (Fsp3) is 0.250. The van der Waals surface area contributed by atoms with Crippen molar-refractivity contribution >= 4 is 11.6 Å². The first-order chi connectivity index (χ1) is 6.15. The SMILES string of the molecule is C=C(OCC)c1ncc(F)c(N)n1. The van der Waals surface area contributed by atoms with E-state index in [1.54, 1.807) is 6.92 Å². The second-order valence-electron chi connectivity index (χ2n) is 2.28. The highest BCUT2D eigenvalue weighted by Crippen LogP contribution is 2.11. The van der Waals surface area contributed by atoms with E-state index in [4.69, 9.17) is 10.5 Å². The molecule has 0 aliphatic heterocycles. The molecule has 0 unspecified atom stereocenters. The molecule has 0 amide bonds. The Labute approximate surface area is 75.3 Å². The van der Waals surface area contributed by atoms with Gasteiger partial charge in [-0.05, 0) is 6.92 Å². The quantitative estimate of drug-likeness (QED) is 0.715. The second kappa shape index (κ2) is 3.84. The van der Waals surface area contributed by atoms with Crippen LogP contribution in [-0.4, -0.2) is 16.6 Å². The van der Waals surface area contributed by atoms with Gasteiger partial charge in [0.05, 0.1) is 12.8 Å². The van der Waals surface area contributed by atoms with Crippen LogP contribution in [-0.2, 0) is 4.74 Å². The van der Waals surface area contributed by atoms with Crippen molar-refractivity contribution in [3.63, 3.8) is 0 Å². The van der Waals surface area contributed by atoms with Crippen LogP contribution in [0, 0.1) is 5.82 Å². The molecule has 0 spiro atoms. The van der Waals surface area contributed by atoms with Gasteiger partial charge in [-0.15, -0.1) is 0 Å². The van der Waals surface area contributed by atoms with Crippen molar-refractivity contribution in [1.82, 2.24) is 9.97 Å². The molecule has 1 heterocycles. The molecule has 70 valence electrons. The third-order valence-electron chi connectivity index (χ3n) is 1.34. The molecule has 1 rings (SSSR count). The Hall–Kier alpha value is -1.65. The number of hydrogen-bond acceptors (Lipinski definition) is 4. The molecule has 2 N–H and O–H groups in total. The molecule has 5 heteroatoms. The minimum Gasteiger partial charge on any atom is -0.491 e. The fourth-order valence-electron chi connectivity index (χ4n) is 0.753. The molecule has 0 atom stereocenters. The Kier molecular flexibility index (Phi) is 2.79. The second-order valence-corrected chi connectivity index (χ2v) is 2.28. The average molecular weight is 183 g/mol. The average Bonchev–Trinajstić information content (AvgIpc) is 2.10. The van der Waals surface area contributed by atoms with E-state index in [1.807, 2.05) is 0 Å². The van der Waals surface area contributed by atoms with Gasteiger partial charge in [-0.1, -0.05) is 6.58 Å². The molecule has 0 aromatic carbocycles. The third kappa shape index (κ3) is 2.14. The van der Waals surface area contributed by atoms with Crippen molar-refractivity contribution in [2.24, 2.45) is 0 Å². The number of nitrogens with two attached hydrogens (primary N) is 1. The minimum atomic E-state index is -0.645. The van der Waals surface area contributed by atoms with E-state index in [1.165, 1.54) is 0 Å². The lowest BCUT2D eigenvalue weighted by molar-refractivity contribution is 0.296. The molecule has 4 nitrogen and oxygen atoms in total. The number of hydrogen-bond donors (Lipinski definition) is 1. The van der Waals surface area contributed by atoms with Gasteiger partial charge in [0.2, 0.25) is 0 Å². The number of halogens is 1. The van der Waals surface area contributed by atoms with Gasteiger partial charge in [0.1, 0.15) is 0 Å². The van der Waals surface area contributed by atoms with Crippen LogP contribution in [0.1, 0.15) is 12.7 Å². The van der Waals surface area contributed by atoms with E-state index in [9.17, 15) is 4.39 Å². The molecular formula is C8H10FN3O. The van der Waals surface area contributed by atoms with E-state index in [-0.39, 0.29) is 17.4 Å². The van der Waals surface area contributed by atoms with E-state index in [0.717, 1.165) is 6.20 Å². The van der Waals surface area contributed by atoms with Gasteiger partial charge in [0, 0.05) is 0 Å². The summed E-state index contributed by atoms with van der Waals surface area (Å²) in [6, 6.07) is 0.